The molecule has 0 bridgehead atoms. The molecule has 2 aromatic carbocycles. The molecular formula is C38H47N3O6. The summed E-state index contributed by atoms with van der Waals surface area (Å²) >= 11 is 0. The number of aliphatic hydroxyl groups excluding tert-OH is 1. The molecule has 0 aromatic heterocycles. The van der Waals surface area contributed by atoms with E-state index in [2.05, 4.69) is 0 Å². The molecule has 1 spiro atoms. The van der Waals surface area contributed by atoms with Crippen LogP contribution in [0.5, 0.6) is 5.75 Å². The zero-order valence-electron chi connectivity index (χ0n) is 28.3. The molecule has 0 aliphatic carbocycles. The lowest BCUT2D eigenvalue weighted by Gasteiger charge is -2.42. The van der Waals surface area contributed by atoms with Crippen LogP contribution in [0.2, 0.25) is 0 Å². The Morgan fingerprint density at radius 2 is 1.55 bits per heavy atom. The van der Waals surface area contributed by atoms with Gasteiger partial charge in [-0.3, -0.25) is 14.4 Å². The van der Waals surface area contributed by atoms with Crippen molar-refractivity contribution >= 4 is 29.1 Å². The number of aliphatic hydroxyl groups is 1. The molecule has 0 radical (unpaired) electrons. The van der Waals surface area contributed by atoms with Gasteiger partial charge >= 0.3 is 0 Å². The molecule has 0 saturated carbocycles. The molecule has 2 saturated heterocycles. The van der Waals surface area contributed by atoms with Crippen molar-refractivity contribution in [3.63, 3.8) is 0 Å². The first-order valence-electron chi connectivity index (χ1n) is 17.0. The van der Waals surface area contributed by atoms with Crippen LogP contribution in [0.3, 0.4) is 0 Å². The summed E-state index contributed by atoms with van der Waals surface area (Å²) < 4.78 is 12.8. The van der Waals surface area contributed by atoms with Crippen molar-refractivity contribution in [2.24, 2.45) is 17.8 Å². The number of para-hydroxylation sites is 1. The van der Waals surface area contributed by atoms with Crippen molar-refractivity contribution in [3.8, 4) is 5.75 Å². The summed E-state index contributed by atoms with van der Waals surface area (Å²) in [6, 6.07) is 11.6. The molecule has 7 atom stereocenters. The Bertz CT molecular complexity index is 1580. The number of likely N-dealkylation sites (tertiary alicyclic amines) is 1. The van der Waals surface area contributed by atoms with E-state index in [0.29, 0.717) is 44.0 Å². The van der Waals surface area contributed by atoms with Crippen molar-refractivity contribution < 1.29 is 29.0 Å². The predicted octanol–water partition coefficient (Wildman–Crippen LogP) is 4.98. The number of ether oxygens (including phenoxy) is 2. The highest BCUT2D eigenvalue weighted by Crippen LogP contribution is 2.59. The number of carbonyl (C=O) groups excluding carboxylic acids is 3. The molecule has 1 unspecified atom stereocenters. The van der Waals surface area contributed by atoms with Gasteiger partial charge in [-0.1, -0.05) is 69.7 Å². The van der Waals surface area contributed by atoms with Crippen LogP contribution < -0.4 is 14.5 Å². The Kier molecular flexibility index (Phi) is 8.82. The maximum Gasteiger partial charge on any atom is 0.253 e. The van der Waals surface area contributed by atoms with Crippen LogP contribution in [-0.2, 0) is 19.1 Å². The number of rotatable bonds is 9. The minimum Gasteiger partial charge on any atom is -0.494 e. The van der Waals surface area contributed by atoms with Gasteiger partial charge in [-0.2, -0.15) is 0 Å². The molecule has 4 aliphatic heterocycles. The highest BCUT2D eigenvalue weighted by atomic mass is 16.5. The van der Waals surface area contributed by atoms with Gasteiger partial charge in [0.25, 0.3) is 5.91 Å². The number of hydrogen-bond acceptors (Lipinski definition) is 6. The lowest BCUT2D eigenvalue weighted by molar-refractivity contribution is -0.150. The molecule has 2 aromatic rings. The van der Waals surface area contributed by atoms with Gasteiger partial charge in [0.15, 0.2) is 0 Å². The third-order valence-electron chi connectivity index (χ3n) is 10.9. The van der Waals surface area contributed by atoms with Crippen molar-refractivity contribution in [1.29, 1.82) is 0 Å². The van der Waals surface area contributed by atoms with Crippen LogP contribution in [0, 0.1) is 31.6 Å². The average Bonchev–Trinajstić information content (AvgIpc) is 3.35. The lowest BCUT2D eigenvalue weighted by atomic mass is 9.73. The molecule has 1 N–H and O–H groups in total. The van der Waals surface area contributed by atoms with Crippen LogP contribution in [0.15, 0.2) is 66.8 Å². The molecule has 6 rings (SSSR count). The smallest absolute Gasteiger partial charge is 0.253 e. The van der Waals surface area contributed by atoms with E-state index in [1.807, 2.05) is 108 Å². The first kappa shape index (κ1) is 33.0. The minimum absolute atomic E-state index is 0.102. The number of amides is 3. The van der Waals surface area contributed by atoms with E-state index in [0.717, 1.165) is 16.8 Å². The predicted molar refractivity (Wildman–Crippen MR) is 181 cm³/mol. The quantitative estimate of drug-likeness (QED) is 0.388. The summed E-state index contributed by atoms with van der Waals surface area (Å²) in [4.78, 5) is 50.0. The van der Waals surface area contributed by atoms with Gasteiger partial charge in [-0.25, -0.2) is 0 Å². The molecule has 4 aliphatic rings. The summed E-state index contributed by atoms with van der Waals surface area (Å²) in [5.41, 5.74) is 0.865. The molecule has 9 nitrogen and oxygen atoms in total. The van der Waals surface area contributed by atoms with Crippen molar-refractivity contribution in [1.82, 2.24) is 4.90 Å². The Morgan fingerprint density at radius 1 is 0.894 bits per heavy atom. The second-order valence-electron chi connectivity index (χ2n) is 13.4. The third-order valence-corrected chi connectivity index (χ3v) is 10.9. The standard InChI is InChI=1S/C38H47N3O6/c1-7-24(4)29(23-42)41-33-36(45)40(32-25(5)13-10-14-26(32)6)22-12-20-38(33)31(35(41)44)30-34(43)39(21-11-19-37(30,8-2)47-38)27-15-17-28(18-16-27)46-9-3/h10-20,24,29-31,33,42H,7-9,21-23H2,1-6H3/t24-,29-,30-,31-,33?,37+,38-/m0/s1. The number of nitrogens with zero attached hydrogens (tertiary/aromatic N) is 3. The summed E-state index contributed by atoms with van der Waals surface area (Å²) in [6.45, 7) is 12.7. The van der Waals surface area contributed by atoms with Gasteiger partial charge in [0.1, 0.15) is 17.4 Å². The van der Waals surface area contributed by atoms with Gasteiger partial charge < -0.3 is 29.3 Å². The van der Waals surface area contributed by atoms with Gasteiger partial charge in [0.2, 0.25) is 11.8 Å². The van der Waals surface area contributed by atoms with E-state index in [-0.39, 0.29) is 30.2 Å². The fourth-order valence-corrected chi connectivity index (χ4v) is 8.42. The van der Waals surface area contributed by atoms with Crippen molar-refractivity contribution in [2.75, 3.05) is 36.1 Å². The number of carbonyl (C=O) groups is 3. The summed E-state index contributed by atoms with van der Waals surface area (Å²) in [5.74, 6) is -2.08. The van der Waals surface area contributed by atoms with Crippen LogP contribution in [0.25, 0.3) is 0 Å². The molecule has 9 heteroatoms. The monoisotopic (exact) mass is 641 g/mol. The number of benzene rings is 2. The summed E-state index contributed by atoms with van der Waals surface area (Å²) in [5, 5.41) is 10.8. The Balaban J connectivity index is 1.51. The fraction of sp³-hybridized carbons (Fsp3) is 0.500. The minimum atomic E-state index is -1.41. The fourth-order valence-electron chi connectivity index (χ4n) is 8.42. The SMILES string of the molecule is CCOc1ccc(N2CC=C[C@@]3(CC)O[C@]45C=CCN(c6c(C)cccc6C)C(=O)C4N([C@@H](CO)[C@@H](C)CC)C(=O)[C@@H]5[C@H]3C2=O)cc1. The molecule has 3 amide bonds. The van der Waals surface area contributed by atoms with E-state index >= 15 is 9.59 Å². The number of fused-ring (bicyclic) bond motifs is 2. The first-order valence-corrected chi connectivity index (χ1v) is 17.0. The van der Waals surface area contributed by atoms with E-state index in [9.17, 15) is 9.90 Å². The zero-order valence-corrected chi connectivity index (χ0v) is 28.3. The van der Waals surface area contributed by atoms with Crippen LogP contribution in [0.1, 0.15) is 51.7 Å². The number of hydrogen-bond donors (Lipinski definition) is 1. The van der Waals surface area contributed by atoms with E-state index in [4.69, 9.17) is 9.47 Å². The zero-order chi connectivity index (χ0) is 33.7. The summed E-state index contributed by atoms with van der Waals surface area (Å²) in [6.07, 6.45) is 8.81. The Morgan fingerprint density at radius 3 is 2.17 bits per heavy atom. The van der Waals surface area contributed by atoms with E-state index in [1.165, 1.54) is 0 Å². The van der Waals surface area contributed by atoms with Crippen molar-refractivity contribution in [2.45, 2.75) is 77.7 Å². The largest absolute Gasteiger partial charge is 0.494 e. The van der Waals surface area contributed by atoms with Crippen LogP contribution in [-0.4, -0.2) is 77.3 Å². The summed E-state index contributed by atoms with van der Waals surface area (Å²) in [7, 11) is 0. The van der Waals surface area contributed by atoms with Gasteiger partial charge in [-0.15, -0.1) is 0 Å². The highest BCUT2D eigenvalue weighted by Gasteiger charge is 2.76. The van der Waals surface area contributed by atoms with Crippen LogP contribution >= 0.6 is 0 Å². The Hall–Kier alpha value is -3.95. The Labute approximate surface area is 277 Å². The third kappa shape index (κ3) is 5.01. The van der Waals surface area contributed by atoms with E-state index in [1.54, 1.807) is 14.7 Å². The highest BCUT2D eigenvalue weighted by molar-refractivity contribution is 6.08. The lowest BCUT2D eigenvalue weighted by Crippen LogP contribution is -2.60. The molecular weight excluding hydrogens is 594 g/mol. The van der Waals surface area contributed by atoms with Gasteiger partial charge in [0, 0.05) is 24.5 Å². The van der Waals surface area contributed by atoms with E-state index < -0.39 is 35.1 Å². The second kappa shape index (κ2) is 12.6. The molecule has 250 valence electrons. The first-order chi connectivity index (χ1) is 22.6. The number of anilines is 2. The van der Waals surface area contributed by atoms with Gasteiger partial charge in [0.05, 0.1) is 36.7 Å². The van der Waals surface area contributed by atoms with Gasteiger partial charge in [-0.05, 0) is 68.5 Å². The maximum atomic E-state index is 15.1. The average molecular weight is 642 g/mol. The normalized spacial score (nSPS) is 29.7. The molecule has 47 heavy (non-hydrogen) atoms. The molecule has 2 fully saturated rings. The topological polar surface area (TPSA) is 99.6 Å². The van der Waals surface area contributed by atoms with Crippen molar-refractivity contribution in [3.05, 3.63) is 77.9 Å². The molecule has 4 heterocycles. The maximum absolute atomic E-state index is 15.1. The second-order valence-corrected chi connectivity index (χ2v) is 13.4. The number of aryl methyl sites for hydroxylation is 2. The van der Waals surface area contributed by atoms with Crippen LogP contribution in [0.4, 0.5) is 11.4 Å².